The number of ketones is 1. The van der Waals surface area contributed by atoms with Gasteiger partial charge in [0, 0.05) is 43.0 Å². The highest BCUT2D eigenvalue weighted by molar-refractivity contribution is 5.94. The van der Waals surface area contributed by atoms with Crippen LogP contribution in [-0.4, -0.2) is 25.5 Å². The number of carbonyl (C=O) groups is 1. The van der Waals surface area contributed by atoms with Gasteiger partial charge in [-0.2, -0.15) is 0 Å². The van der Waals surface area contributed by atoms with E-state index < -0.39 is 0 Å². The van der Waals surface area contributed by atoms with E-state index in [9.17, 15) is 4.79 Å². The number of para-hydroxylation sites is 1. The monoisotopic (exact) mass is 324 g/mol. The summed E-state index contributed by atoms with van der Waals surface area (Å²) in [5, 5.41) is 3.46. The van der Waals surface area contributed by atoms with Gasteiger partial charge in [0.15, 0.2) is 5.78 Å². The van der Waals surface area contributed by atoms with E-state index in [0.29, 0.717) is 6.61 Å². The summed E-state index contributed by atoms with van der Waals surface area (Å²) in [6.07, 6.45) is 0. The quantitative estimate of drug-likeness (QED) is 0.856. The number of fused-ring (bicyclic) bond motifs is 1. The fourth-order valence-corrected chi connectivity index (χ4v) is 3.11. The lowest BCUT2D eigenvalue weighted by atomic mass is 10.1. The van der Waals surface area contributed by atoms with Crippen LogP contribution in [0.3, 0.4) is 0 Å². The van der Waals surface area contributed by atoms with E-state index in [1.54, 1.807) is 6.92 Å². The molecule has 0 unspecified atom stereocenters. The molecule has 2 aromatic rings. The molecule has 1 heterocycles. The van der Waals surface area contributed by atoms with E-state index in [1.807, 2.05) is 25.1 Å². The number of rotatable bonds is 5. The Morgan fingerprint density at radius 3 is 2.88 bits per heavy atom. The zero-order chi connectivity index (χ0) is 16.9. The van der Waals surface area contributed by atoms with Crippen LogP contribution < -0.4 is 15.0 Å². The molecule has 2 aromatic carbocycles. The van der Waals surface area contributed by atoms with Crippen molar-refractivity contribution >= 4 is 11.5 Å². The van der Waals surface area contributed by atoms with Gasteiger partial charge < -0.3 is 15.0 Å². The number of nitrogens with zero attached hydrogens (tertiary/aromatic N) is 1. The van der Waals surface area contributed by atoms with Crippen LogP contribution >= 0.6 is 0 Å². The standard InChI is InChI=1S/C20H24N2O2/c1-3-24-20-9-8-16(15(2)23)12-18(20)14-22-11-10-21-13-17-6-4-5-7-19(17)22/h4-9,12,21H,3,10-11,13-14H2,1-2H3. The maximum Gasteiger partial charge on any atom is 0.159 e. The molecule has 0 aliphatic carbocycles. The number of nitrogens with one attached hydrogen (secondary N) is 1. The third-order valence-electron chi connectivity index (χ3n) is 4.33. The molecule has 0 fully saturated rings. The van der Waals surface area contributed by atoms with Gasteiger partial charge in [-0.3, -0.25) is 4.79 Å². The Morgan fingerprint density at radius 1 is 1.25 bits per heavy atom. The van der Waals surface area contributed by atoms with Gasteiger partial charge in [0.1, 0.15) is 5.75 Å². The minimum atomic E-state index is 0.0808. The lowest BCUT2D eigenvalue weighted by Gasteiger charge is -2.26. The number of carbonyl (C=O) groups excluding carboxylic acids is 1. The summed E-state index contributed by atoms with van der Waals surface area (Å²) in [4.78, 5) is 14.1. The predicted molar refractivity (Wildman–Crippen MR) is 96.8 cm³/mol. The molecule has 1 aliphatic rings. The van der Waals surface area contributed by atoms with Gasteiger partial charge in [0.05, 0.1) is 6.61 Å². The minimum absolute atomic E-state index is 0.0808. The second-order valence-electron chi connectivity index (χ2n) is 6.04. The topological polar surface area (TPSA) is 41.6 Å². The third-order valence-corrected chi connectivity index (χ3v) is 4.33. The molecule has 0 amide bonds. The number of hydrogen-bond donors (Lipinski definition) is 1. The molecule has 4 nitrogen and oxygen atoms in total. The summed E-state index contributed by atoms with van der Waals surface area (Å²) in [6.45, 7) is 7.68. The Bertz CT molecular complexity index is 727. The fourth-order valence-electron chi connectivity index (χ4n) is 3.11. The van der Waals surface area contributed by atoms with E-state index >= 15 is 0 Å². The lowest BCUT2D eigenvalue weighted by Crippen LogP contribution is -2.28. The summed E-state index contributed by atoms with van der Waals surface area (Å²) in [5.41, 5.74) is 4.34. The Kier molecular flexibility index (Phi) is 5.16. The molecule has 0 spiro atoms. The second-order valence-corrected chi connectivity index (χ2v) is 6.04. The van der Waals surface area contributed by atoms with Crippen molar-refractivity contribution in [2.45, 2.75) is 26.9 Å². The van der Waals surface area contributed by atoms with Crippen molar-refractivity contribution in [2.24, 2.45) is 0 Å². The fraction of sp³-hybridized carbons (Fsp3) is 0.350. The molecular weight excluding hydrogens is 300 g/mol. The van der Waals surface area contributed by atoms with Crippen molar-refractivity contribution in [3.8, 4) is 5.75 Å². The molecule has 3 rings (SSSR count). The highest BCUT2D eigenvalue weighted by Crippen LogP contribution is 2.28. The average Bonchev–Trinajstić information content (AvgIpc) is 2.79. The summed E-state index contributed by atoms with van der Waals surface area (Å²) < 4.78 is 5.78. The summed E-state index contributed by atoms with van der Waals surface area (Å²) in [7, 11) is 0. The van der Waals surface area contributed by atoms with Crippen LogP contribution in [0.5, 0.6) is 5.75 Å². The maximum absolute atomic E-state index is 11.7. The summed E-state index contributed by atoms with van der Waals surface area (Å²) in [5.74, 6) is 0.939. The molecular formula is C20H24N2O2. The van der Waals surface area contributed by atoms with Gasteiger partial charge in [-0.1, -0.05) is 18.2 Å². The van der Waals surface area contributed by atoms with Crippen LogP contribution in [-0.2, 0) is 13.1 Å². The van der Waals surface area contributed by atoms with E-state index in [-0.39, 0.29) is 5.78 Å². The molecule has 0 saturated carbocycles. The highest BCUT2D eigenvalue weighted by atomic mass is 16.5. The van der Waals surface area contributed by atoms with Crippen LogP contribution in [0.15, 0.2) is 42.5 Å². The zero-order valence-electron chi connectivity index (χ0n) is 14.3. The first kappa shape index (κ1) is 16.5. The van der Waals surface area contributed by atoms with Gasteiger partial charge in [-0.15, -0.1) is 0 Å². The van der Waals surface area contributed by atoms with Gasteiger partial charge >= 0.3 is 0 Å². The minimum Gasteiger partial charge on any atom is -0.494 e. The van der Waals surface area contributed by atoms with Crippen molar-refractivity contribution in [3.05, 3.63) is 59.2 Å². The van der Waals surface area contributed by atoms with Gasteiger partial charge in [0.2, 0.25) is 0 Å². The Labute approximate surface area is 143 Å². The van der Waals surface area contributed by atoms with Crippen molar-refractivity contribution in [2.75, 3.05) is 24.6 Å². The summed E-state index contributed by atoms with van der Waals surface area (Å²) in [6, 6.07) is 14.2. The van der Waals surface area contributed by atoms with Gasteiger partial charge in [-0.25, -0.2) is 0 Å². The van der Waals surface area contributed by atoms with E-state index in [2.05, 4.69) is 34.5 Å². The van der Waals surface area contributed by atoms with Crippen LogP contribution in [0.25, 0.3) is 0 Å². The van der Waals surface area contributed by atoms with Crippen LogP contribution in [0.1, 0.15) is 35.3 Å². The van der Waals surface area contributed by atoms with E-state index in [0.717, 1.165) is 43.1 Å². The Morgan fingerprint density at radius 2 is 2.08 bits per heavy atom. The summed E-state index contributed by atoms with van der Waals surface area (Å²) >= 11 is 0. The van der Waals surface area contributed by atoms with Gasteiger partial charge in [0.25, 0.3) is 0 Å². The second kappa shape index (κ2) is 7.49. The molecule has 4 heteroatoms. The highest BCUT2D eigenvalue weighted by Gasteiger charge is 2.17. The first-order chi connectivity index (χ1) is 11.7. The molecule has 0 saturated heterocycles. The molecule has 0 bridgehead atoms. The molecule has 126 valence electrons. The Hall–Kier alpha value is -2.33. The van der Waals surface area contributed by atoms with Crippen molar-refractivity contribution < 1.29 is 9.53 Å². The number of anilines is 1. The van der Waals surface area contributed by atoms with Crippen molar-refractivity contribution in [1.82, 2.24) is 5.32 Å². The predicted octanol–water partition coefficient (Wildman–Crippen LogP) is 3.40. The third kappa shape index (κ3) is 3.60. The molecule has 0 atom stereocenters. The first-order valence-electron chi connectivity index (χ1n) is 8.49. The first-order valence-corrected chi connectivity index (χ1v) is 8.49. The zero-order valence-corrected chi connectivity index (χ0v) is 14.3. The van der Waals surface area contributed by atoms with Crippen molar-refractivity contribution in [1.29, 1.82) is 0 Å². The number of hydrogen-bond acceptors (Lipinski definition) is 4. The van der Waals surface area contributed by atoms with Crippen LogP contribution in [0, 0.1) is 0 Å². The molecule has 0 aromatic heterocycles. The maximum atomic E-state index is 11.7. The van der Waals surface area contributed by atoms with Crippen molar-refractivity contribution in [3.63, 3.8) is 0 Å². The smallest absolute Gasteiger partial charge is 0.159 e. The van der Waals surface area contributed by atoms with E-state index in [1.165, 1.54) is 11.3 Å². The number of ether oxygens (including phenoxy) is 1. The average molecular weight is 324 g/mol. The van der Waals surface area contributed by atoms with E-state index in [4.69, 9.17) is 4.74 Å². The SMILES string of the molecule is CCOc1ccc(C(C)=O)cc1CN1CCNCc2ccccc21. The lowest BCUT2D eigenvalue weighted by molar-refractivity contribution is 0.101. The Balaban J connectivity index is 1.95. The van der Waals surface area contributed by atoms with Gasteiger partial charge in [-0.05, 0) is 43.7 Å². The number of Topliss-reactive ketones (excluding diaryl/α,β-unsaturated/α-hetero) is 1. The normalized spacial score (nSPS) is 14.0. The molecule has 24 heavy (non-hydrogen) atoms. The van der Waals surface area contributed by atoms with Crippen LogP contribution in [0.4, 0.5) is 5.69 Å². The molecule has 1 N–H and O–H groups in total. The molecule has 1 aliphatic heterocycles. The molecule has 0 radical (unpaired) electrons. The van der Waals surface area contributed by atoms with Crippen LogP contribution in [0.2, 0.25) is 0 Å². The number of benzene rings is 2. The largest absolute Gasteiger partial charge is 0.494 e.